The molecule has 0 bridgehead atoms. The van der Waals surface area contributed by atoms with Crippen molar-refractivity contribution in [2.45, 2.75) is 141 Å². The Morgan fingerprint density at radius 3 is 1.21 bits per heavy atom. The highest BCUT2D eigenvalue weighted by Gasteiger charge is 2.72. The molecule has 4 aliphatic rings. The Labute approximate surface area is 254 Å². The molecule has 0 radical (unpaired) electrons. The van der Waals surface area contributed by atoms with Crippen LogP contribution >= 0.6 is 0 Å². The summed E-state index contributed by atoms with van der Waals surface area (Å²) in [6.07, 6.45) is 14.4. The molecule has 42 heavy (non-hydrogen) atoms. The second kappa shape index (κ2) is 16.5. The minimum Gasteiger partial charge on any atom is -0.479 e. The molecule has 10 nitrogen and oxygen atoms in total. The molecule has 4 heterocycles. The minimum absolute atomic E-state index is 0.0111. The third-order valence-electron chi connectivity index (χ3n) is 10.0. The topological polar surface area (TPSA) is 130 Å². The molecule has 246 valence electrons. The standard InChI is InChI=1S/C27H50N4O2.C5H12O4/c1-5-9-13-21-17-28(21)25(29-18-22(29)14-10-6-2)27(26(32)33,30-19-23(30)15-11-7-3)31-20-24(31)16-12-8-4;6-1-5(2-7,3-8)4-9/h21-25H,5-20H2,1-4H3,(H,32,33);6-9H,1-4H2. The molecule has 5 N–H and O–H groups in total. The van der Waals surface area contributed by atoms with E-state index in [1.54, 1.807) is 0 Å². The average Bonchev–Trinajstić information content (AvgIpc) is 3.82. The fourth-order valence-corrected chi connectivity index (χ4v) is 6.72. The van der Waals surface area contributed by atoms with E-state index in [9.17, 15) is 9.90 Å². The Morgan fingerprint density at radius 2 is 0.952 bits per heavy atom. The van der Waals surface area contributed by atoms with Crippen LogP contribution < -0.4 is 0 Å². The van der Waals surface area contributed by atoms with Gasteiger partial charge in [-0.3, -0.25) is 19.6 Å². The number of aliphatic hydroxyl groups excluding tert-OH is 4. The number of nitrogens with zero attached hydrogens (tertiary/aromatic N) is 4. The van der Waals surface area contributed by atoms with Crippen LogP contribution in [0.25, 0.3) is 0 Å². The highest BCUT2D eigenvalue weighted by atomic mass is 16.4. The van der Waals surface area contributed by atoms with Gasteiger partial charge in [0.25, 0.3) is 0 Å². The summed E-state index contributed by atoms with van der Waals surface area (Å²) in [5, 5.41) is 45.0. The van der Waals surface area contributed by atoms with Crippen molar-refractivity contribution in [1.82, 2.24) is 19.6 Å². The van der Waals surface area contributed by atoms with E-state index in [0.29, 0.717) is 24.2 Å². The van der Waals surface area contributed by atoms with Crippen molar-refractivity contribution in [3.05, 3.63) is 0 Å². The molecule has 8 unspecified atom stereocenters. The van der Waals surface area contributed by atoms with Gasteiger partial charge in [0.2, 0.25) is 5.66 Å². The van der Waals surface area contributed by atoms with Gasteiger partial charge in [0.1, 0.15) is 6.17 Å². The zero-order chi connectivity index (χ0) is 30.9. The largest absolute Gasteiger partial charge is 0.479 e. The Hall–Kier alpha value is -0.850. The lowest BCUT2D eigenvalue weighted by Crippen LogP contribution is -2.67. The van der Waals surface area contributed by atoms with Crippen LogP contribution in [0.4, 0.5) is 0 Å². The van der Waals surface area contributed by atoms with E-state index in [-0.39, 0.29) is 6.17 Å². The van der Waals surface area contributed by atoms with Gasteiger partial charge >= 0.3 is 5.97 Å². The second-order valence-corrected chi connectivity index (χ2v) is 13.4. The van der Waals surface area contributed by atoms with Crippen LogP contribution in [0, 0.1) is 5.41 Å². The highest BCUT2D eigenvalue weighted by molar-refractivity contribution is 5.81. The van der Waals surface area contributed by atoms with Crippen LogP contribution in [0.5, 0.6) is 0 Å². The quantitative estimate of drug-likeness (QED) is 0.119. The fourth-order valence-electron chi connectivity index (χ4n) is 6.72. The Morgan fingerprint density at radius 1 is 0.619 bits per heavy atom. The van der Waals surface area contributed by atoms with Crippen LogP contribution in [0.2, 0.25) is 0 Å². The summed E-state index contributed by atoms with van der Waals surface area (Å²) in [6, 6.07) is 2.03. The lowest BCUT2D eigenvalue weighted by molar-refractivity contribution is -0.165. The summed E-state index contributed by atoms with van der Waals surface area (Å²) >= 11 is 0. The third kappa shape index (κ3) is 8.24. The maximum atomic E-state index is 13.4. The highest BCUT2D eigenvalue weighted by Crippen LogP contribution is 2.51. The molecule has 0 aromatic heterocycles. The molecule has 4 aliphatic heterocycles. The number of hydrogen-bond acceptors (Lipinski definition) is 9. The molecule has 0 aromatic rings. The van der Waals surface area contributed by atoms with Gasteiger partial charge in [0, 0.05) is 50.3 Å². The molecule has 8 atom stereocenters. The van der Waals surface area contributed by atoms with Gasteiger partial charge in [-0.2, -0.15) is 0 Å². The third-order valence-corrected chi connectivity index (χ3v) is 10.0. The number of carboxylic acids is 1. The molecule has 10 heteroatoms. The maximum Gasteiger partial charge on any atom is 0.342 e. The molecular weight excluding hydrogens is 536 g/mol. The van der Waals surface area contributed by atoms with Crippen LogP contribution in [-0.2, 0) is 4.79 Å². The smallest absolute Gasteiger partial charge is 0.342 e. The Balaban J connectivity index is 0.000000467. The minimum atomic E-state index is -1.11. The molecule has 0 aliphatic carbocycles. The second-order valence-electron chi connectivity index (χ2n) is 13.4. The van der Waals surface area contributed by atoms with Crippen LogP contribution in [-0.4, -0.2) is 140 Å². The van der Waals surface area contributed by atoms with E-state index < -0.39 is 43.5 Å². The first-order chi connectivity index (χ1) is 20.3. The van der Waals surface area contributed by atoms with Crippen molar-refractivity contribution in [2.75, 3.05) is 52.6 Å². The Kier molecular flexibility index (Phi) is 14.0. The average molecular weight is 599 g/mol. The first kappa shape index (κ1) is 35.6. The molecule has 0 saturated carbocycles. The van der Waals surface area contributed by atoms with E-state index in [0.717, 1.165) is 39.0 Å². The lowest BCUT2D eigenvalue weighted by Gasteiger charge is -2.43. The SMILES string of the molecule is CCCCC1CN1C(N1CC1CCCC)C(C(=O)O)(N1CC1CCCC)N1CC1CCCC.OCC(CO)(CO)CO. The van der Waals surface area contributed by atoms with Gasteiger partial charge in [0.15, 0.2) is 0 Å². The van der Waals surface area contributed by atoms with E-state index in [4.69, 9.17) is 20.4 Å². The first-order valence-corrected chi connectivity index (χ1v) is 17.0. The van der Waals surface area contributed by atoms with E-state index in [1.165, 1.54) is 64.2 Å². The summed E-state index contributed by atoms with van der Waals surface area (Å²) in [5.74, 6) is -0.590. The van der Waals surface area contributed by atoms with Gasteiger partial charge < -0.3 is 25.5 Å². The molecular formula is C32H62N4O6. The maximum absolute atomic E-state index is 13.4. The van der Waals surface area contributed by atoms with Gasteiger partial charge in [-0.25, -0.2) is 4.79 Å². The van der Waals surface area contributed by atoms with Crippen molar-refractivity contribution in [2.24, 2.45) is 5.41 Å². The first-order valence-electron chi connectivity index (χ1n) is 17.0. The molecule has 4 rings (SSSR count). The van der Waals surface area contributed by atoms with Crippen molar-refractivity contribution in [3.63, 3.8) is 0 Å². The number of carboxylic acid groups (broad SMARTS) is 1. The summed E-state index contributed by atoms with van der Waals surface area (Å²) in [5.41, 5.74) is -1.97. The number of unbranched alkanes of at least 4 members (excludes halogenated alkanes) is 4. The summed E-state index contributed by atoms with van der Waals surface area (Å²) in [4.78, 5) is 23.4. The van der Waals surface area contributed by atoms with Gasteiger partial charge in [-0.05, 0) is 25.7 Å². The molecule has 4 saturated heterocycles. The van der Waals surface area contributed by atoms with E-state index >= 15 is 0 Å². The number of rotatable bonds is 22. The monoisotopic (exact) mass is 598 g/mol. The number of aliphatic carboxylic acids is 1. The Bertz CT molecular complexity index is 752. The van der Waals surface area contributed by atoms with Crippen LogP contribution in [0.1, 0.15) is 105 Å². The number of carbonyl (C=O) groups is 1. The van der Waals surface area contributed by atoms with E-state index in [1.807, 2.05) is 0 Å². The van der Waals surface area contributed by atoms with Crippen LogP contribution in [0.3, 0.4) is 0 Å². The van der Waals surface area contributed by atoms with Gasteiger partial charge in [-0.15, -0.1) is 0 Å². The van der Waals surface area contributed by atoms with Crippen LogP contribution in [0.15, 0.2) is 0 Å². The van der Waals surface area contributed by atoms with Crippen molar-refractivity contribution >= 4 is 5.97 Å². The van der Waals surface area contributed by atoms with Crippen molar-refractivity contribution < 1.29 is 30.3 Å². The lowest BCUT2D eigenvalue weighted by atomic mass is 9.93. The van der Waals surface area contributed by atoms with Gasteiger partial charge in [0.05, 0.1) is 31.8 Å². The zero-order valence-corrected chi connectivity index (χ0v) is 27.0. The molecule has 0 amide bonds. The zero-order valence-electron chi connectivity index (χ0n) is 27.0. The summed E-state index contributed by atoms with van der Waals surface area (Å²) in [7, 11) is 0. The molecule has 4 fully saturated rings. The predicted molar refractivity (Wildman–Crippen MR) is 165 cm³/mol. The fraction of sp³-hybridized carbons (Fsp3) is 0.969. The molecule has 0 aromatic carbocycles. The van der Waals surface area contributed by atoms with Crippen molar-refractivity contribution in [3.8, 4) is 0 Å². The number of hydrogen-bond donors (Lipinski definition) is 5. The van der Waals surface area contributed by atoms with Crippen molar-refractivity contribution in [1.29, 1.82) is 0 Å². The van der Waals surface area contributed by atoms with Gasteiger partial charge in [-0.1, -0.05) is 79.1 Å². The predicted octanol–water partition coefficient (Wildman–Crippen LogP) is 2.53. The normalized spacial score (nSPS) is 33.2. The summed E-state index contributed by atoms with van der Waals surface area (Å²) in [6.45, 7) is 11.5. The summed E-state index contributed by atoms with van der Waals surface area (Å²) < 4.78 is 0. The molecule has 0 spiro atoms. The van der Waals surface area contributed by atoms with E-state index in [2.05, 4.69) is 47.3 Å². The number of aliphatic hydroxyl groups is 4.